The SMILES string of the molecule is C=CCOCC(CC(C)(C)Oc1ccccc1)OCCCC. The molecule has 3 nitrogen and oxygen atoms in total. The van der Waals surface area contributed by atoms with Gasteiger partial charge >= 0.3 is 0 Å². The van der Waals surface area contributed by atoms with Crippen LogP contribution in [0.2, 0.25) is 0 Å². The second-order valence-electron chi connectivity index (χ2n) is 6.05. The molecule has 0 aromatic heterocycles. The van der Waals surface area contributed by atoms with Crippen LogP contribution in [0.3, 0.4) is 0 Å². The van der Waals surface area contributed by atoms with Crippen molar-refractivity contribution in [3.63, 3.8) is 0 Å². The van der Waals surface area contributed by atoms with Crippen molar-refractivity contribution in [1.29, 1.82) is 0 Å². The van der Waals surface area contributed by atoms with Gasteiger partial charge in [0.1, 0.15) is 11.4 Å². The lowest BCUT2D eigenvalue weighted by Gasteiger charge is -2.30. The lowest BCUT2D eigenvalue weighted by molar-refractivity contribution is -0.0491. The quantitative estimate of drug-likeness (QED) is 0.416. The summed E-state index contributed by atoms with van der Waals surface area (Å²) < 4.78 is 17.6. The average Bonchev–Trinajstić information content (AvgIpc) is 2.47. The summed E-state index contributed by atoms with van der Waals surface area (Å²) in [6.07, 6.45) is 4.77. The molecule has 1 aromatic carbocycles. The molecule has 0 aliphatic heterocycles. The minimum absolute atomic E-state index is 0.0326. The first-order valence-corrected chi connectivity index (χ1v) is 8.11. The summed E-state index contributed by atoms with van der Waals surface area (Å²) in [5, 5.41) is 0. The molecule has 22 heavy (non-hydrogen) atoms. The number of ether oxygens (including phenoxy) is 3. The number of hydrogen-bond donors (Lipinski definition) is 0. The number of para-hydroxylation sites is 1. The van der Waals surface area contributed by atoms with Gasteiger partial charge in [0.25, 0.3) is 0 Å². The number of benzene rings is 1. The Balaban J connectivity index is 2.54. The van der Waals surface area contributed by atoms with Crippen molar-refractivity contribution in [3.8, 4) is 5.75 Å². The molecule has 124 valence electrons. The molecule has 1 atom stereocenters. The summed E-state index contributed by atoms with van der Waals surface area (Å²) in [5.74, 6) is 0.881. The summed E-state index contributed by atoms with van der Waals surface area (Å²) in [6, 6.07) is 9.90. The van der Waals surface area contributed by atoms with E-state index in [9.17, 15) is 0 Å². The zero-order chi connectivity index (χ0) is 16.3. The Kier molecular flexibility index (Phi) is 8.86. The van der Waals surface area contributed by atoms with E-state index in [0.29, 0.717) is 13.2 Å². The lowest BCUT2D eigenvalue weighted by Crippen LogP contribution is -2.36. The molecule has 0 amide bonds. The Labute approximate surface area is 135 Å². The van der Waals surface area contributed by atoms with E-state index in [1.165, 1.54) is 0 Å². The van der Waals surface area contributed by atoms with Crippen LogP contribution in [0.15, 0.2) is 43.0 Å². The topological polar surface area (TPSA) is 27.7 Å². The van der Waals surface area contributed by atoms with Gasteiger partial charge in [0.05, 0.1) is 19.3 Å². The van der Waals surface area contributed by atoms with E-state index in [-0.39, 0.29) is 11.7 Å². The highest BCUT2D eigenvalue weighted by Crippen LogP contribution is 2.23. The van der Waals surface area contributed by atoms with Gasteiger partial charge < -0.3 is 14.2 Å². The average molecular weight is 306 g/mol. The van der Waals surface area contributed by atoms with E-state index < -0.39 is 0 Å². The molecule has 0 radical (unpaired) electrons. The highest BCUT2D eigenvalue weighted by molar-refractivity contribution is 5.21. The third-order valence-electron chi connectivity index (χ3n) is 3.25. The molecular weight excluding hydrogens is 276 g/mol. The molecule has 0 fully saturated rings. The van der Waals surface area contributed by atoms with Crippen LogP contribution in [0.25, 0.3) is 0 Å². The highest BCUT2D eigenvalue weighted by Gasteiger charge is 2.26. The monoisotopic (exact) mass is 306 g/mol. The summed E-state index contributed by atoms with van der Waals surface area (Å²) in [5.41, 5.74) is -0.310. The van der Waals surface area contributed by atoms with Gasteiger partial charge in [-0.25, -0.2) is 0 Å². The molecule has 1 unspecified atom stereocenters. The Hall–Kier alpha value is -1.32. The molecule has 0 saturated carbocycles. The fourth-order valence-electron chi connectivity index (χ4n) is 2.24. The fraction of sp³-hybridized carbons (Fsp3) is 0.579. The van der Waals surface area contributed by atoms with E-state index in [4.69, 9.17) is 14.2 Å². The minimum Gasteiger partial charge on any atom is -0.488 e. The van der Waals surface area contributed by atoms with E-state index in [1.807, 2.05) is 30.3 Å². The molecule has 1 aromatic rings. The molecule has 0 aliphatic carbocycles. The molecule has 0 N–H and O–H groups in total. The predicted molar refractivity (Wildman–Crippen MR) is 91.4 cm³/mol. The normalized spacial score (nSPS) is 12.9. The standard InChI is InChI=1S/C19H30O3/c1-5-7-14-21-18(16-20-13-6-2)15-19(3,4)22-17-11-9-8-10-12-17/h6,8-12,18H,2,5,7,13-16H2,1,3-4H3. The van der Waals surface area contributed by atoms with E-state index >= 15 is 0 Å². The van der Waals surface area contributed by atoms with Gasteiger partial charge in [0, 0.05) is 13.0 Å². The smallest absolute Gasteiger partial charge is 0.120 e. The zero-order valence-corrected chi connectivity index (χ0v) is 14.2. The molecule has 1 rings (SSSR count). The van der Waals surface area contributed by atoms with Crippen molar-refractivity contribution in [1.82, 2.24) is 0 Å². The van der Waals surface area contributed by atoms with Crippen LogP contribution in [0.5, 0.6) is 5.75 Å². The van der Waals surface area contributed by atoms with E-state index in [0.717, 1.165) is 31.6 Å². The predicted octanol–water partition coefficient (Wildman–Crippen LogP) is 4.62. The third kappa shape index (κ3) is 8.20. The number of unbranched alkanes of at least 4 members (excludes halogenated alkanes) is 1. The van der Waals surface area contributed by atoms with Crippen LogP contribution in [0, 0.1) is 0 Å². The fourth-order valence-corrected chi connectivity index (χ4v) is 2.24. The second-order valence-corrected chi connectivity index (χ2v) is 6.05. The van der Waals surface area contributed by atoms with Crippen molar-refractivity contribution >= 4 is 0 Å². The molecule has 0 aliphatic rings. The lowest BCUT2D eigenvalue weighted by atomic mass is 10.0. The molecule has 0 bridgehead atoms. The Morgan fingerprint density at radius 1 is 1.23 bits per heavy atom. The van der Waals surface area contributed by atoms with Gasteiger partial charge in [-0.2, -0.15) is 0 Å². The van der Waals surface area contributed by atoms with Gasteiger partial charge in [-0.15, -0.1) is 6.58 Å². The van der Waals surface area contributed by atoms with Crippen molar-refractivity contribution in [2.24, 2.45) is 0 Å². The molecule has 0 saturated heterocycles. The van der Waals surface area contributed by atoms with Crippen LogP contribution in [0.4, 0.5) is 0 Å². The van der Waals surface area contributed by atoms with Crippen molar-refractivity contribution in [2.45, 2.75) is 51.7 Å². The highest BCUT2D eigenvalue weighted by atomic mass is 16.5. The first-order valence-electron chi connectivity index (χ1n) is 8.11. The largest absolute Gasteiger partial charge is 0.488 e. The van der Waals surface area contributed by atoms with Gasteiger partial charge in [-0.3, -0.25) is 0 Å². The molecular formula is C19H30O3. The second kappa shape index (κ2) is 10.4. The van der Waals surface area contributed by atoms with E-state index in [1.54, 1.807) is 6.08 Å². The summed E-state index contributed by atoms with van der Waals surface area (Å²) in [7, 11) is 0. The summed E-state index contributed by atoms with van der Waals surface area (Å²) >= 11 is 0. The van der Waals surface area contributed by atoms with Crippen LogP contribution >= 0.6 is 0 Å². The van der Waals surface area contributed by atoms with Gasteiger partial charge in [-0.05, 0) is 32.4 Å². The van der Waals surface area contributed by atoms with Crippen molar-refractivity contribution in [3.05, 3.63) is 43.0 Å². The van der Waals surface area contributed by atoms with Crippen LogP contribution < -0.4 is 4.74 Å². The third-order valence-corrected chi connectivity index (χ3v) is 3.25. The first-order chi connectivity index (χ1) is 10.6. The van der Waals surface area contributed by atoms with Gasteiger partial charge in [-0.1, -0.05) is 37.6 Å². The maximum atomic E-state index is 6.09. The van der Waals surface area contributed by atoms with Crippen LogP contribution in [-0.2, 0) is 9.47 Å². The molecule has 0 spiro atoms. The number of hydrogen-bond acceptors (Lipinski definition) is 3. The maximum Gasteiger partial charge on any atom is 0.120 e. The van der Waals surface area contributed by atoms with Crippen molar-refractivity contribution < 1.29 is 14.2 Å². The van der Waals surface area contributed by atoms with Crippen LogP contribution in [0.1, 0.15) is 40.0 Å². The summed E-state index contributed by atoms with van der Waals surface area (Å²) in [4.78, 5) is 0. The Morgan fingerprint density at radius 3 is 2.59 bits per heavy atom. The first kappa shape index (κ1) is 18.7. The Bertz CT molecular complexity index is 400. The maximum absolute atomic E-state index is 6.09. The molecule has 3 heteroatoms. The molecule has 0 heterocycles. The zero-order valence-electron chi connectivity index (χ0n) is 14.2. The van der Waals surface area contributed by atoms with Crippen molar-refractivity contribution in [2.75, 3.05) is 19.8 Å². The van der Waals surface area contributed by atoms with E-state index in [2.05, 4.69) is 27.4 Å². The van der Waals surface area contributed by atoms with Crippen LogP contribution in [-0.4, -0.2) is 31.5 Å². The summed E-state index contributed by atoms with van der Waals surface area (Å²) in [6.45, 7) is 11.9. The Morgan fingerprint density at radius 2 is 1.95 bits per heavy atom. The minimum atomic E-state index is -0.310. The number of rotatable bonds is 12. The van der Waals surface area contributed by atoms with Gasteiger partial charge in [0.2, 0.25) is 0 Å². The van der Waals surface area contributed by atoms with Gasteiger partial charge in [0.15, 0.2) is 0 Å².